The Morgan fingerprint density at radius 3 is 2.58 bits per heavy atom. The molecule has 1 atom stereocenters. The van der Waals surface area contributed by atoms with Crippen LogP contribution in [0.4, 0.5) is 16.3 Å². The highest BCUT2D eigenvalue weighted by Crippen LogP contribution is 2.36. The monoisotopic (exact) mass is 493 g/mol. The molecular formula is C26H35N7O3. The van der Waals surface area contributed by atoms with Gasteiger partial charge in [0.05, 0.1) is 13.2 Å². The number of rotatable bonds is 6. The third kappa shape index (κ3) is 4.51. The Hall–Kier alpha value is -3.24. The van der Waals surface area contributed by atoms with Crippen molar-refractivity contribution in [1.82, 2.24) is 24.8 Å². The first-order valence-electron chi connectivity index (χ1n) is 12.9. The lowest BCUT2D eigenvalue weighted by molar-refractivity contribution is -0.190. The number of benzene rings is 1. The summed E-state index contributed by atoms with van der Waals surface area (Å²) >= 11 is 0. The summed E-state index contributed by atoms with van der Waals surface area (Å²) in [4.78, 5) is 29.2. The van der Waals surface area contributed by atoms with E-state index in [0.717, 1.165) is 36.3 Å². The normalized spacial score (nSPS) is 19.6. The molecule has 0 unspecified atom stereocenters. The van der Waals surface area contributed by atoms with Crippen LogP contribution < -0.4 is 15.5 Å². The molecule has 10 nitrogen and oxygen atoms in total. The number of amides is 2. The number of hydrogen-bond donors (Lipinski definition) is 3. The lowest BCUT2D eigenvalue weighted by atomic mass is 10.0. The molecule has 5 rings (SSSR count). The number of urea groups is 1. The number of nitrogens with zero attached hydrogens (tertiary/aromatic N) is 5. The number of ether oxygens (including phenoxy) is 1. The first-order valence-corrected chi connectivity index (χ1v) is 12.9. The van der Waals surface area contributed by atoms with E-state index in [2.05, 4.69) is 22.5 Å². The van der Waals surface area contributed by atoms with Gasteiger partial charge >= 0.3 is 6.03 Å². The van der Waals surface area contributed by atoms with E-state index in [1.54, 1.807) is 0 Å². The Morgan fingerprint density at radius 1 is 1.14 bits per heavy atom. The number of nitrogens with one attached hydrogen (secondary N) is 2. The van der Waals surface area contributed by atoms with Gasteiger partial charge in [0.2, 0.25) is 0 Å². The molecule has 0 spiro atoms. The van der Waals surface area contributed by atoms with Crippen LogP contribution in [0.2, 0.25) is 0 Å². The molecule has 2 fully saturated rings. The number of fused-ring (bicyclic) bond motifs is 1. The fraction of sp³-hybridized carbons (Fsp3) is 0.538. The van der Waals surface area contributed by atoms with E-state index >= 15 is 0 Å². The number of aliphatic hydroxyl groups is 1. The second-order valence-corrected chi connectivity index (χ2v) is 9.70. The quantitative estimate of drug-likeness (QED) is 0.480. The van der Waals surface area contributed by atoms with E-state index in [9.17, 15) is 9.90 Å². The van der Waals surface area contributed by atoms with Crippen LogP contribution in [0.15, 0.2) is 24.3 Å². The molecule has 0 aliphatic carbocycles. The highest BCUT2D eigenvalue weighted by molar-refractivity contribution is 5.90. The number of aryl methyl sites for hydroxylation is 1. The van der Waals surface area contributed by atoms with Crippen molar-refractivity contribution in [2.45, 2.75) is 64.6 Å². The zero-order valence-electron chi connectivity index (χ0n) is 21.3. The van der Waals surface area contributed by atoms with Gasteiger partial charge in [0.1, 0.15) is 5.82 Å². The summed E-state index contributed by atoms with van der Waals surface area (Å²) in [6.07, 6.45) is 4.60. The van der Waals surface area contributed by atoms with Crippen LogP contribution in [0, 0.1) is 0 Å². The molecule has 192 valence electrons. The van der Waals surface area contributed by atoms with Gasteiger partial charge < -0.3 is 29.9 Å². The molecule has 1 aromatic carbocycles. The second kappa shape index (κ2) is 10.0. The first-order chi connectivity index (χ1) is 17.4. The lowest BCUT2D eigenvalue weighted by Gasteiger charge is -2.35. The SMILES string of the molecule is CCNC(=O)Nc1ccc(-c2nc(N3CCCCC[C@@H]3C)c3nc(C4(O)COC4)n(CC)c3n2)cc1. The largest absolute Gasteiger partial charge is 0.377 e. The fourth-order valence-corrected chi connectivity index (χ4v) is 5.02. The summed E-state index contributed by atoms with van der Waals surface area (Å²) in [6, 6.07) is 7.62. The van der Waals surface area contributed by atoms with Crippen molar-refractivity contribution in [2.24, 2.45) is 0 Å². The van der Waals surface area contributed by atoms with Gasteiger partial charge in [-0.05, 0) is 57.9 Å². The maximum atomic E-state index is 11.9. The Kier molecular flexibility index (Phi) is 6.81. The summed E-state index contributed by atoms with van der Waals surface area (Å²) in [5.41, 5.74) is 1.87. The summed E-state index contributed by atoms with van der Waals surface area (Å²) in [6.45, 7) is 8.69. The minimum absolute atomic E-state index is 0.228. The number of carbonyl (C=O) groups is 1. The van der Waals surface area contributed by atoms with Crippen molar-refractivity contribution in [3.63, 3.8) is 0 Å². The molecule has 0 radical (unpaired) electrons. The third-order valence-electron chi connectivity index (χ3n) is 7.05. The van der Waals surface area contributed by atoms with Crippen molar-refractivity contribution >= 4 is 28.7 Å². The van der Waals surface area contributed by atoms with Crippen LogP contribution >= 0.6 is 0 Å². The van der Waals surface area contributed by atoms with Gasteiger partial charge in [0.25, 0.3) is 0 Å². The third-order valence-corrected chi connectivity index (χ3v) is 7.05. The molecule has 4 heterocycles. The predicted molar refractivity (Wildman–Crippen MR) is 139 cm³/mol. The van der Waals surface area contributed by atoms with Crippen molar-refractivity contribution in [1.29, 1.82) is 0 Å². The fourth-order valence-electron chi connectivity index (χ4n) is 5.02. The van der Waals surface area contributed by atoms with E-state index in [-0.39, 0.29) is 19.2 Å². The Labute approximate surface area is 211 Å². The molecule has 2 aromatic heterocycles. The van der Waals surface area contributed by atoms with Gasteiger partial charge in [-0.2, -0.15) is 0 Å². The number of imidazole rings is 1. The second-order valence-electron chi connectivity index (χ2n) is 9.70. The average Bonchev–Trinajstić information content (AvgIpc) is 3.10. The molecule has 0 saturated carbocycles. The van der Waals surface area contributed by atoms with E-state index in [4.69, 9.17) is 19.7 Å². The minimum atomic E-state index is -1.11. The average molecular weight is 494 g/mol. The van der Waals surface area contributed by atoms with Crippen LogP contribution in [0.25, 0.3) is 22.6 Å². The first kappa shape index (κ1) is 24.5. The topological polar surface area (TPSA) is 117 Å². The molecule has 2 saturated heterocycles. The Bertz CT molecular complexity index is 1240. The molecule has 2 aliphatic rings. The number of hydrogen-bond acceptors (Lipinski definition) is 7. The van der Waals surface area contributed by atoms with Crippen LogP contribution in [-0.4, -0.2) is 63.0 Å². The Balaban J connectivity index is 1.62. The van der Waals surface area contributed by atoms with Gasteiger partial charge in [0.15, 0.2) is 28.4 Å². The van der Waals surface area contributed by atoms with Crippen molar-refractivity contribution in [3.05, 3.63) is 30.1 Å². The highest BCUT2D eigenvalue weighted by Gasteiger charge is 2.43. The molecule has 3 aromatic rings. The van der Waals surface area contributed by atoms with Crippen LogP contribution in [0.3, 0.4) is 0 Å². The molecule has 3 N–H and O–H groups in total. The highest BCUT2D eigenvalue weighted by atomic mass is 16.5. The lowest BCUT2D eigenvalue weighted by Crippen LogP contribution is -2.48. The van der Waals surface area contributed by atoms with Crippen LogP contribution in [0.1, 0.15) is 52.3 Å². The molecule has 0 bridgehead atoms. The number of aromatic nitrogens is 4. The van der Waals surface area contributed by atoms with Crippen molar-refractivity contribution in [2.75, 3.05) is 36.5 Å². The van der Waals surface area contributed by atoms with Crippen LogP contribution in [-0.2, 0) is 16.9 Å². The smallest absolute Gasteiger partial charge is 0.319 e. The summed E-state index contributed by atoms with van der Waals surface area (Å²) in [5.74, 6) is 1.99. The van der Waals surface area contributed by atoms with Gasteiger partial charge in [-0.3, -0.25) is 0 Å². The van der Waals surface area contributed by atoms with E-state index in [1.165, 1.54) is 12.8 Å². The molecule has 36 heavy (non-hydrogen) atoms. The standard InChI is InChI=1S/C26H35N7O3/c1-4-27-25(34)28-19-12-10-18(11-13-19)21-30-22-20(23(31-21)33-14-8-6-7-9-17(33)3)29-24(32(22)5-2)26(35)15-36-16-26/h10-13,17,35H,4-9,14-16H2,1-3H3,(H2,27,28,34)/t17-/m0/s1. The van der Waals surface area contributed by atoms with Gasteiger partial charge in [-0.25, -0.2) is 19.7 Å². The van der Waals surface area contributed by atoms with E-state index < -0.39 is 5.60 Å². The summed E-state index contributed by atoms with van der Waals surface area (Å²) in [5, 5.41) is 16.7. The molecule has 2 aliphatic heterocycles. The maximum Gasteiger partial charge on any atom is 0.319 e. The van der Waals surface area contributed by atoms with Crippen LogP contribution in [0.5, 0.6) is 0 Å². The number of carbonyl (C=O) groups excluding carboxylic acids is 1. The van der Waals surface area contributed by atoms with Gasteiger partial charge in [-0.15, -0.1) is 0 Å². The molecule has 2 amide bonds. The van der Waals surface area contributed by atoms with Crippen molar-refractivity contribution in [3.8, 4) is 11.4 Å². The Morgan fingerprint density at radius 2 is 1.92 bits per heavy atom. The van der Waals surface area contributed by atoms with Crippen molar-refractivity contribution < 1.29 is 14.6 Å². The zero-order valence-corrected chi connectivity index (χ0v) is 21.3. The molecular weight excluding hydrogens is 458 g/mol. The van der Waals surface area contributed by atoms with E-state index in [1.807, 2.05) is 42.7 Å². The van der Waals surface area contributed by atoms with Gasteiger partial charge in [-0.1, -0.05) is 12.8 Å². The van der Waals surface area contributed by atoms with Gasteiger partial charge in [0, 0.05) is 36.9 Å². The molecule has 10 heteroatoms. The van der Waals surface area contributed by atoms with E-state index in [0.29, 0.717) is 42.1 Å². The summed E-state index contributed by atoms with van der Waals surface area (Å²) in [7, 11) is 0. The number of anilines is 2. The maximum absolute atomic E-state index is 11.9. The minimum Gasteiger partial charge on any atom is -0.377 e. The summed E-state index contributed by atoms with van der Waals surface area (Å²) < 4.78 is 7.32. The predicted octanol–water partition coefficient (Wildman–Crippen LogP) is 3.64. The zero-order chi connectivity index (χ0) is 25.3.